The van der Waals surface area contributed by atoms with Crippen molar-refractivity contribution in [3.63, 3.8) is 0 Å². The van der Waals surface area contributed by atoms with Gasteiger partial charge in [-0.05, 0) is 89.0 Å². The van der Waals surface area contributed by atoms with Crippen molar-refractivity contribution in [3.05, 3.63) is 124 Å². The lowest BCUT2D eigenvalue weighted by Gasteiger charge is -2.19. The predicted octanol–water partition coefficient (Wildman–Crippen LogP) is 9.14. The van der Waals surface area contributed by atoms with Crippen LogP contribution in [-0.4, -0.2) is 20.9 Å². The van der Waals surface area contributed by atoms with Gasteiger partial charge in [0.05, 0.1) is 16.7 Å². The van der Waals surface area contributed by atoms with Crippen molar-refractivity contribution in [3.8, 4) is 0 Å². The van der Waals surface area contributed by atoms with E-state index >= 15 is 0 Å². The fraction of sp³-hybridized carbons (Fsp3) is 0.0769. The highest BCUT2D eigenvalue weighted by Crippen LogP contribution is 2.45. The molecule has 7 aromatic carbocycles. The van der Waals surface area contributed by atoms with Gasteiger partial charge >= 0.3 is 0 Å². The number of aromatic nitrogens is 2. The number of hydrogen-bond acceptors (Lipinski definition) is 4. The summed E-state index contributed by atoms with van der Waals surface area (Å²) in [6, 6.07) is 32.4. The molecular weight excluding hydrogens is 542 g/mol. The van der Waals surface area contributed by atoms with E-state index in [9.17, 15) is 9.59 Å². The maximum absolute atomic E-state index is 14.0. The van der Waals surface area contributed by atoms with Crippen molar-refractivity contribution in [2.45, 2.75) is 20.8 Å². The maximum Gasteiger partial charge on any atom is 0.264 e. The number of fused-ring (bicyclic) bond motifs is 6. The van der Waals surface area contributed by atoms with Crippen LogP contribution in [-0.2, 0) is 0 Å². The van der Waals surface area contributed by atoms with Crippen LogP contribution in [0.25, 0.3) is 70.5 Å². The Hall–Kier alpha value is -5.68. The molecule has 2 aromatic heterocycles. The van der Waals surface area contributed by atoms with Gasteiger partial charge in [0, 0.05) is 38.4 Å². The van der Waals surface area contributed by atoms with Crippen molar-refractivity contribution in [2.75, 3.05) is 0 Å². The Labute approximate surface area is 251 Å². The summed E-state index contributed by atoms with van der Waals surface area (Å²) >= 11 is 0. The summed E-state index contributed by atoms with van der Waals surface area (Å²) < 4.78 is 1.74. The predicted molar refractivity (Wildman–Crippen MR) is 182 cm³/mol. The molecule has 2 heterocycles. The van der Waals surface area contributed by atoms with E-state index in [1.165, 1.54) is 0 Å². The standard InChI is InChI=1S/C39H25N3O2/c1-20-8-4-5-9-31(20)40-21(2)23-12-14-25-27-16-18-29-37-30(39(44)42-33-11-7-6-10-32(33)41-38(29)42)19-17-28(36(27)37)26-15-13-24(22(3)43)34(23)35(25)26/h4-19H,1-3H3/b40-21+. The van der Waals surface area contributed by atoms with Crippen LogP contribution >= 0.6 is 0 Å². The second-order valence-corrected chi connectivity index (χ2v) is 11.7. The maximum atomic E-state index is 14.0. The van der Waals surface area contributed by atoms with Crippen LogP contribution in [0.4, 0.5) is 5.69 Å². The Balaban J connectivity index is 1.46. The van der Waals surface area contributed by atoms with Gasteiger partial charge in [-0.1, -0.05) is 66.7 Å². The van der Waals surface area contributed by atoms with Gasteiger partial charge < -0.3 is 0 Å². The molecule has 44 heavy (non-hydrogen) atoms. The molecule has 0 atom stereocenters. The first kappa shape index (κ1) is 24.9. The quantitative estimate of drug-likeness (QED) is 0.0925. The number of ketones is 1. The van der Waals surface area contributed by atoms with Gasteiger partial charge in [-0.15, -0.1) is 0 Å². The molecule has 208 valence electrons. The molecule has 5 heteroatoms. The van der Waals surface area contributed by atoms with Gasteiger partial charge in [0.15, 0.2) is 5.78 Å². The van der Waals surface area contributed by atoms with Crippen LogP contribution in [0.3, 0.4) is 0 Å². The van der Waals surface area contributed by atoms with Crippen LogP contribution in [0, 0.1) is 6.92 Å². The second kappa shape index (κ2) is 8.68. The molecule has 0 fully saturated rings. The lowest BCUT2D eigenvalue weighted by molar-refractivity contribution is 0.101. The number of nitrogens with zero attached hydrogens (tertiary/aromatic N) is 3. The van der Waals surface area contributed by atoms with Crippen molar-refractivity contribution >= 4 is 87.7 Å². The second-order valence-electron chi connectivity index (χ2n) is 11.7. The van der Waals surface area contributed by atoms with Crippen LogP contribution in [0.15, 0.2) is 107 Å². The molecule has 0 spiro atoms. The largest absolute Gasteiger partial charge is 0.294 e. The fourth-order valence-corrected chi connectivity index (χ4v) is 7.31. The molecule has 0 radical (unpaired) electrons. The van der Waals surface area contributed by atoms with Crippen LogP contribution in [0.1, 0.15) is 35.3 Å². The molecule has 0 bridgehead atoms. The number of para-hydroxylation sites is 3. The summed E-state index contributed by atoms with van der Waals surface area (Å²) in [5.41, 5.74) is 6.71. The number of benzene rings is 7. The number of aryl methyl sites for hydroxylation is 1. The Morgan fingerprint density at radius 2 is 1.20 bits per heavy atom. The molecule has 0 aliphatic rings. The lowest BCUT2D eigenvalue weighted by Crippen LogP contribution is -2.13. The summed E-state index contributed by atoms with van der Waals surface area (Å²) in [4.78, 5) is 37.0. The Morgan fingerprint density at radius 3 is 1.93 bits per heavy atom. The third-order valence-corrected chi connectivity index (χ3v) is 9.31. The van der Waals surface area contributed by atoms with Crippen LogP contribution < -0.4 is 5.56 Å². The van der Waals surface area contributed by atoms with E-state index in [-0.39, 0.29) is 11.3 Å². The van der Waals surface area contributed by atoms with E-state index in [1.807, 2.05) is 61.5 Å². The summed E-state index contributed by atoms with van der Waals surface area (Å²) in [7, 11) is 0. The number of aliphatic imine (C=N–C) groups is 1. The number of pyridine rings is 1. The summed E-state index contributed by atoms with van der Waals surface area (Å²) in [5, 5.41) is 9.77. The number of imidazole rings is 1. The summed E-state index contributed by atoms with van der Waals surface area (Å²) in [5.74, 6) is 0.0131. The molecule has 9 aromatic rings. The van der Waals surface area contributed by atoms with Gasteiger partial charge in [0.1, 0.15) is 5.65 Å². The van der Waals surface area contributed by atoms with E-state index in [2.05, 4.69) is 49.4 Å². The topological polar surface area (TPSA) is 63.8 Å². The molecule has 0 aliphatic heterocycles. The lowest BCUT2D eigenvalue weighted by atomic mass is 9.84. The van der Waals surface area contributed by atoms with E-state index in [0.29, 0.717) is 16.6 Å². The fourth-order valence-electron chi connectivity index (χ4n) is 7.31. The minimum Gasteiger partial charge on any atom is -0.294 e. The summed E-state index contributed by atoms with van der Waals surface area (Å²) in [6.45, 7) is 5.70. The van der Waals surface area contributed by atoms with Gasteiger partial charge in [-0.25, -0.2) is 4.98 Å². The third-order valence-electron chi connectivity index (χ3n) is 9.31. The SMILES string of the molecule is CC(=O)c1ccc2c3ccc4c(=O)n5c6ccccc6nc5c5ccc(c6ccc(/C(C)=N/c7ccccc7C)c1c26)c3c45. The average molecular weight is 568 g/mol. The van der Waals surface area contributed by atoms with Crippen molar-refractivity contribution in [2.24, 2.45) is 4.99 Å². The van der Waals surface area contributed by atoms with E-state index in [0.717, 1.165) is 82.0 Å². The molecule has 0 amide bonds. The Kier molecular flexibility index (Phi) is 4.91. The third kappa shape index (κ3) is 3.13. The Morgan fingerprint density at radius 1 is 0.636 bits per heavy atom. The van der Waals surface area contributed by atoms with E-state index in [1.54, 1.807) is 11.3 Å². The Bertz CT molecular complexity index is 2770. The number of hydrogen-bond donors (Lipinski definition) is 0. The minimum atomic E-state index is -0.0637. The first-order valence-corrected chi connectivity index (χ1v) is 14.8. The number of Topliss-reactive ketones (excluding diaryl/α,β-unsaturated/α-hetero) is 1. The molecule has 0 unspecified atom stereocenters. The van der Waals surface area contributed by atoms with E-state index in [4.69, 9.17) is 9.98 Å². The highest BCUT2D eigenvalue weighted by atomic mass is 16.1. The number of rotatable bonds is 3. The molecule has 0 saturated heterocycles. The average Bonchev–Trinajstić information content (AvgIpc) is 3.43. The summed E-state index contributed by atoms with van der Waals surface area (Å²) in [6.07, 6.45) is 0. The first-order chi connectivity index (χ1) is 21.4. The van der Waals surface area contributed by atoms with E-state index < -0.39 is 0 Å². The number of carbonyl (C=O) groups is 1. The van der Waals surface area contributed by atoms with Crippen LogP contribution in [0.5, 0.6) is 0 Å². The van der Waals surface area contributed by atoms with Crippen LogP contribution in [0.2, 0.25) is 0 Å². The molecule has 0 aliphatic carbocycles. The monoisotopic (exact) mass is 567 g/mol. The molecule has 9 rings (SSSR count). The smallest absolute Gasteiger partial charge is 0.264 e. The van der Waals surface area contributed by atoms with Crippen molar-refractivity contribution in [1.29, 1.82) is 0 Å². The first-order valence-electron chi connectivity index (χ1n) is 14.8. The molecule has 0 saturated carbocycles. The molecular formula is C39H25N3O2. The zero-order valence-corrected chi connectivity index (χ0v) is 24.4. The zero-order valence-electron chi connectivity index (χ0n) is 24.4. The van der Waals surface area contributed by atoms with Gasteiger partial charge in [0.25, 0.3) is 5.56 Å². The van der Waals surface area contributed by atoms with Crippen molar-refractivity contribution in [1.82, 2.24) is 9.38 Å². The number of carbonyl (C=O) groups excluding carboxylic acids is 1. The normalized spacial score (nSPS) is 12.8. The minimum absolute atomic E-state index is 0.0131. The van der Waals surface area contributed by atoms with Crippen molar-refractivity contribution < 1.29 is 4.79 Å². The molecule has 0 N–H and O–H groups in total. The highest BCUT2D eigenvalue weighted by Gasteiger charge is 2.23. The van der Waals surface area contributed by atoms with Gasteiger partial charge in [-0.3, -0.25) is 19.0 Å². The van der Waals surface area contributed by atoms with Gasteiger partial charge in [0.2, 0.25) is 0 Å². The zero-order chi connectivity index (χ0) is 29.9. The highest BCUT2D eigenvalue weighted by molar-refractivity contribution is 6.39. The van der Waals surface area contributed by atoms with Gasteiger partial charge in [-0.2, -0.15) is 0 Å². The molecule has 5 nitrogen and oxygen atoms in total.